The van der Waals surface area contributed by atoms with E-state index in [1.165, 1.54) is 17.0 Å². The number of ketones is 1. The Morgan fingerprint density at radius 2 is 1.55 bits per heavy atom. The van der Waals surface area contributed by atoms with Gasteiger partial charge in [0, 0.05) is 11.3 Å². The van der Waals surface area contributed by atoms with Gasteiger partial charge in [0.15, 0.2) is 0 Å². The van der Waals surface area contributed by atoms with Crippen LogP contribution in [0.5, 0.6) is 5.75 Å². The monoisotopic (exact) mass is 410 g/mol. The van der Waals surface area contributed by atoms with Crippen molar-refractivity contribution in [2.75, 3.05) is 4.90 Å². The largest absolute Gasteiger partial charge is 0.508 e. The standard InChI is InChI=1S/C25H18N2O4/c1-15-2-6-18(7-3-15)23(29)21-22(17-8-12-20(28)13-9-17)27(25(31)24(21)30)19-10-4-16(14-26)5-11-19/h2-13,22,28-29H,1H3/b23-21+. The molecule has 0 spiro atoms. The molecule has 3 aromatic rings. The summed E-state index contributed by atoms with van der Waals surface area (Å²) in [5.41, 5.74) is 2.76. The summed E-state index contributed by atoms with van der Waals surface area (Å²) >= 11 is 0. The number of nitrogens with zero attached hydrogens (tertiary/aromatic N) is 2. The summed E-state index contributed by atoms with van der Waals surface area (Å²) in [6, 6.07) is 20.5. The fourth-order valence-corrected chi connectivity index (χ4v) is 3.63. The minimum Gasteiger partial charge on any atom is -0.508 e. The minimum atomic E-state index is -0.894. The van der Waals surface area contributed by atoms with E-state index < -0.39 is 17.7 Å². The Morgan fingerprint density at radius 1 is 0.935 bits per heavy atom. The highest BCUT2D eigenvalue weighted by Gasteiger charge is 2.46. The van der Waals surface area contributed by atoms with Crippen LogP contribution < -0.4 is 4.90 Å². The van der Waals surface area contributed by atoms with Crippen molar-refractivity contribution >= 4 is 23.1 Å². The number of aliphatic hydroxyl groups is 1. The summed E-state index contributed by atoms with van der Waals surface area (Å²) in [6.45, 7) is 1.91. The van der Waals surface area contributed by atoms with Crippen LogP contribution in [0.15, 0.2) is 78.4 Å². The lowest BCUT2D eigenvalue weighted by Crippen LogP contribution is -2.29. The summed E-state index contributed by atoms with van der Waals surface area (Å²) < 4.78 is 0. The maximum absolute atomic E-state index is 13.0. The molecule has 31 heavy (non-hydrogen) atoms. The molecule has 0 saturated carbocycles. The van der Waals surface area contributed by atoms with E-state index in [1.54, 1.807) is 60.7 Å². The molecule has 3 aromatic carbocycles. The molecule has 1 saturated heterocycles. The molecule has 6 heteroatoms. The number of carbonyl (C=O) groups is 2. The highest BCUT2D eigenvalue weighted by Crippen LogP contribution is 2.42. The van der Waals surface area contributed by atoms with Gasteiger partial charge in [-0.3, -0.25) is 14.5 Å². The fraction of sp³-hybridized carbons (Fsp3) is 0.0800. The zero-order chi connectivity index (χ0) is 22.1. The number of aliphatic hydroxyl groups excluding tert-OH is 1. The van der Waals surface area contributed by atoms with Crippen molar-refractivity contribution in [3.05, 3.63) is 101 Å². The summed E-state index contributed by atoms with van der Waals surface area (Å²) in [5.74, 6) is -1.82. The third-order valence-corrected chi connectivity index (χ3v) is 5.25. The van der Waals surface area contributed by atoms with E-state index in [1.807, 2.05) is 13.0 Å². The van der Waals surface area contributed by atoms with Crippen LogP contribution in [0.2, 0.25) is 0 Å². The Morgan fingerprint density at radius 3 is 2.13 bits per heavy atom. The number of rotatable bonds is 3. The van der Waals surface area contributed by atoms with E-state index in [2.05, 4.69) is 0 Å². The molecule has 1 aliphatic heterocycles. The van der Waals surface area contributed by atoms with E-state index >= 15 is 0 Å². The van der Waals surface area contributed by atoms with Gasteiger partial charge in [-0.15, -0.1) is 0 Å². The van der Waals surface area contributed by atoms with Crippen LogP contribution in [-0.2, 0) is 9.59 Å². The van der Waals surface area contributed by atoms with Crippen LogP contribution in [0.4, 0.5) is 5.69 Å². The van der Waals surface area contributed by atoms with Gasteiger partial charge in [0.1, 0.15) is 11.5 Å². The molecule has 4 rings (SSSR count). The van der Waals surface area contributed by atoms with E-state index in [0.29, 0.717) is 22.4 Å². The highest BCUT2D eigenvalue weighted by molar-refractivity contribution is 6.51. The predicted molar refractivity (Wildman–Crippen MR) is 115 cm³/mol. The van der Waals surface area contributed by atoms with Crippen molar-refractivity contribution in [2.24, 2.45) is 0 Å². The molecule has 152 valence electrons. The molecule has 1 fully saturated rings. The number of nitriles is 1. The number of amides is 1. The van der Waals surface area contributed by atoms with Crippen LogP contribution in [0.1, 0.15) is 28.3 Å². The predicted octanol–water partition coefficient (Wildman–Crippen LogP) is 4.20. The van der Waals surface area contributed by atoms with Gasteiger partial charge < -0.3 is 10.2 Å². The van der Waals surface area contributed by atoms with Crippen molar-refractivity contribution in [1.29, 1.82) is 5.26 Å². The van der Waals surface area contributed by atoms with Gasteiger partial charge in [0.2, 0.25) is 0 Å². The number of phenolic OH excluding ortho intramolecular Hbond substituents is 1. The number of aromatic hydroxyl groups is 1. The quantitative estimate of drug-likeness (QED) is 0.383. The molecule has 0 radical (unpaired) electrons. The maximum atomic E-state index is 13.0. The lowest BCUT2D eigenvalue weighted by molar-refractivity contribution is -0.132. The Hall–Kier alpha value is -4.37. The molecule has 2 N–H and O–H groups in total. The molecular formula is C25H18N2O4. The summed E-state index contributed by atoms with van der Waals surface area (Å²) in [7, 11) is 0. The van der Waals surface area contributed by atoms with Gasteiger partial charge in [0.05, 0.1) is 23.2 Å². The number of hydrogen-bond donors (Lipinski definition) is 2. The van der Waals surface area contributed by atoms with Crippen LogP contribution >= 0.6 is 0 Å². The smallest absolute Gasteiger partial charge is 0.300 e. The molecule has 6 nitrogen and oxygen atoms in total. The topological polar surface area (TPSA) is 102 Å². The van der Waals surface area contributed by atoms with Crippen molar-refractivity contribution < 1.29 is 19.8 Å². The number of hydrogen-bond acceptors (Lipinski definition) is 5. The van der Waals surface area contributed by atoms with Gasteiger partial charge >= 0.3 is 0 Å². The van der Waals surface area contributed by atoms with Gasteiger partial charge in [0.25, 0.3) is 11.7 Å². The average molecular weight is 410 g/mol. The normalized spacial score (nSPS) is 17.5. The second-order valence-electron chi connectivity index (χ2n) is 7.29. The highest BCUT2D eigenvalue weighted by atomic mass is 16.3. The van der Waals surface area contributed by atoms with Crippen molar-refractivity contribution in [3.63, 3.8) is 0 Å². The molecule has 0 aromatic heterocycles. The molecule has 1 aliphatic rings. The lowest BCUT2D eigenvalue weighted by atomic mass is 9.95. The average Bonchev–Trinajstić information content (AvgIpc) is 3.05. The van der Waals surface area contributed by atoms with Gasteiger partial charge in [-0.1, -0.05) is 42.0 Å². The SMILES string of the molecule is Cc1ccc(/C(O)=C2\C(=O)C(=O)N(c3ccc(C#N)cc3)C2c2ccc(O)cc2)cc1. The molecule has 0 aliphatic carbocycles. The number of aryl methyl sites for hydroxylation is 1. The second-order valence-corrected chi connectivity index (χ2v) is 7.29. The van der Waals surface area contributed by atoms with Gasteiger partial charge in [-0.25, -0.2) is 0 Å². The van der Waals surface area contributed by atoms with Crippen molar-refractivity contribution in [1.82, 2.24) is 0 Å². The lowest BCUT2D eigenvalue weighted by Gasteiger charge is -2.25. The maximum Gasteiger partial charge on any atom is 0.300 e. The zero-order valence-corrected chi connectivity index (χ0v) is 16.6. The molecule has 1 amide bonds. The molecule has 0 bridgehead atoms. The zero-order valence-electron chi connectivity index (χ0n) is 16.6. The number of carbonyl (C=O) groups excluding carboxylic acids is 2. The first-order chi connectivity index (χ1) is 14.9. The second kappa shape index (κ2) is 7.81. The molecule has 1 unspecified atom stereocenters. The first kappa shape index (κ1) is 19.9. The number of Topliss-reactive ketones (excluding diaryl/α,β-unsaturated/α-hetero) is 1. The van der Waals surface area contributed by atoms with Crippen LogP contribution in [0.3, 0.4) is 0 Å². The number of anilines is 1. The molecule has 1 heterocycles. The third kappa shape index (κ3) is 3.53. The number of benzene rings is 3. The Bertz CT molecular complexity index is 1230. The fourth-order valence-electron chi connectivity index (χ4n) is 3.63. The third-order valence-electron chi connectivity index (χ3n) is 5.25. The minimum absolute atomic E-state index is 0.0381. The number of phenols is 1. The summed E-state index contributed by atoms with van der Waals surface area (Å²) in [6.07, 6.45) is 0. The van der Waals surface area contributed by atoms with E-state index in [4.69, 9.17) is 5.26 Å². The van der Waals surface area contributed by atoms with Crippen LogP contribution in [-0.4, -0.2) is 21.9 Å². The van der Waals surface area contributed by atoms with E-state index in [-0.39, 0.29) is 17.1 Å². The first-order valence-corrected chi connectivity index (χ1v) is 9.58. The van der Waals surface area contributed by atoms with E-state index in [9.17, 15) is 19.8 Å². The van der Waals surface area contributed by atoms with Crippen molar-refractivity contribution in [3.8, 4) is 11.8 Å². The van der Waals surface area contributed by atoms with Crippen LogP contribution in [0.25, 0.3) is 5.76 Å². The molecular weight excluding hydrogens is 392 g/mol. The summed E-state index contributed by atoms with van der Waals surface area (Å²) in [5, 5.41) is 29.8. The van der Waals surface area contributed by atoms with Crippen molar-refractivity contribution in [2.45, 2.75) is 13.0 Å². The van der Waals surface area contributed by atoms with Crippen LogP contribution in [0, 0.1) is 18.3 Å². The Kier molecular flexibility index (Phi) is 5.02. The van der Waals surface area contributed by atoms with E-state index in [0.717, 1.165) is 5.56 Å². The summed E-state index contributed by atoms with van der Waals surface area (Å²) in [4.78, 5) is 27.4. The van der Waals surface area contributed by atoms with Gasteiger partial charge in [-0.05, 0) is 48.9 Å². The first-order valence-electron chi connectivity index (χ1n) is 9.58. The Balaban J connectivity index is 1.92. The van der Waals surface area contributed by atoms with Gasteiger partial charge in [-0.2, -0.15) is 5.26 Å². The molecule has 1 atom stereocenters. The Labute approximate surface area is 178 Å².